The van der Waals surface area contributed by atoms with Crippen LogP contribution in [0.4, 0.5) is 0 Å². The van der Waals surface area contributed by atoms with E-state index in [1.807, 2.05) is 13.8 Å². The molecule has 1 heterocycles. The first-order valence-corrected chi connectivity index (χ1v) is 4.40. The zero-order chi connectivity index (χ0) is 10.1. The summed E-state index contributed by atoms with van der Waals surface area (Å²) < 4.78 is 10.3. The van der Waals surface area contributed by atoms with Gasteiger partial charge in [0.1, 0.15) is 6.61 Å². The lowest BCUT2D eigenvalue weighted by atomic mass is 9.82. The molecule has 0 amide bonds. The molecule has 0 aromatic rings. The van der Waals surface area contributed by atoms with Crippen molar-refractivity contribution in [1.29, 1.82) is 0 Å². The molecule has 2 atom stereocenters. The van der Waals surface area contributed by atoms with Crippen LogP contribution in [0.25, 0.3) is 0 Å². The SMILES string of the molecule is C=C(C)C(=O)OCC1(C)COC1C. The Labute approximate surface area is 78.7 Å². The Bertz CT molecular complexity index is 234. The molecule has 0 radical (unpaired) electrons. The summed E-state index contributed by atoms with van der Waals surface area (Å²) in [6, 6.07) is 0. The molecule has 1 fully saturated rings. The highest BCUT2D eigenvalue weighted by atomic mass is 16.6. The standard InChI is InChI=1S/C10H16O3/c1-7(2)9(11)13-6-10(4)5-12-8(10)3/h8H,1,5-6H2,2-4H3. The molecule has 1 saturated heterocycles. The van der Waals surface area contributed by atoms with Crippen LogP contribution in [0.3, 0.4) is 0 Å². The first-order valence-electron chi connectivity index (χ1n) is 4.40. The molecule has 1 aliphatic heterocycles. The summed E-state index contributed by atoms with van der Waals surface area (Å²) in [7, 11) is 0. The first-order chi connectivity index (χ1) is 5.96. The summed E-state index contributed by atoms with van der Waals surface area (Å²) >= 11 is 0. The molecule has 0 aliphatic carbocycles. The van der Waals surface area contributed by atoms with E-state index in [1.54, 1.807) is 6.92 Å². The van der Waals surface area contributed by atoms with E-state index >= 15 is 0 Å². The van der Waals surface area contributed by atoms with Crippen LogP contribution in [0.2, 0.25) is 0 Å². The molecule has 1 aliphatic rings. The lowest BCUT2D eigenvalue weighted by Crippen LogP contribution is -2.51. The van der Waals surface area contributed by atoms with Gasteiger partial charge in [-0.05, 0) is 13.8 Å². The van der Waals surface area contributed by atoms with Gasteiger partial charge in [0.25, 0.3) is 0 Å². The molecule has 13 heavy (non-hydrogen) atoms. The number of hydrogen-bond acceptors (Lipinski definition) is 3. The quantitative estimate of drug-likeness (QED) is 0.493. The van der Waals surface area contributed by atoms with Crippen LogP contribution < -0.4 is 0 Å². The van der Waals surface area contributed by atoms with Crippen molar-refractivity contribution >= 4 is 5.97 Å². The number of carbonyl (C=O) groups is 1. The average molecular weight is 184 g/mol. The molecule has 3 nitrogen and oxygen atoms in total. The van der Waals surface area contributed by atoms with Gasteiger partial charge in [0.05, 0.1) is 18.1 Å². The Balaban J connectivity index is 2.34. The Morgan fingerprint density at radius 2 is 2.38 bits per heavy atom. The van der Waals surface area contributed by atoms with Gasteiger partial charge in [-0.15, -0.1) is 0 Å². The van der Waals surface area contributed by atoms with Crippen LogP contribution >= 0.6 is 0 Å². The van der Waals surface area contributed by atoms with Crippen LogP contribution in [0.15, 0.2) is 12.2 Å². The molecule has 0 bridgehead atoms. The van der Waals surface area contributed by atoms with Crippen molar-refractivity contribution in [2.24, 2.45) is 5.41 Å². The average Bonchev–Trinajstić information content (AvgIpc) is 2.10. The summed E-state index contributed by atoms with van der Waals surface area (Å²) in [6.45, 7) is 10.3. The predicted molar refractivity (Wildman–Crippen MR) is 49.3 cm³/mol. The van der Waals surface area contributed by atoms with E-state index in [0.717, 1.165) is 0 Å². The second kappa shape index (κ2) is 3.50. The van der Waals surface area contributed by atoms with Gasteiger partial charge < -0.3 is 9.47 Å². The zero-order valence-electron chi connectivity index (χ0n) is 8.42. The fourth-order valence-electron chi connectivity index (χ4n) is 1.05. The van der Waals surface area contributed by atoms with E-state index in [1.165, 1.54) is 0 Å². The summed E-state index contributed by atoms with van der Waals surface area (Å²) in [5, 5.41) is 0. The smallest absolute Gasteiger partial charge is 0.333 e. The summed E-state index contributed by atoms with van der Waals surface area (Å²) in [4.78, 5) is 11.1. The molecule has 74 valence electrons. The van der Waals surface area contributed by atoms with E-state index in [2.05, 4.69) is 6.58 Å². The molecule has 1 rings (SSSR count). The van der Waals surface area contributed by atoms with Crippen molar-refractivity contribution in [2.45, 2.75) is 26.9 Å². The molecule has 0 spiro atoms. The van der Waals surface area contributed by atoms with E-state index in [0.29, 0.717) is 18.8 Å². The van der Waals surface area contributed by atoms with Crippen molar-refractivity contribution in [3.63, 3.8) is 0 Å². The number of hydrogen-bond donors (Lipinski definition) is 0. The van der Waals surface area contributed by atoms with Crippen LogP contribution in [0, 0.1) is 5.41 Å². The second-order valence-corrected chi connectivity index (χ2v) is 3.96. The summed E-state index contributed by atoms with van der Waals surface area (Å²) in [6.07, 6.45) is 0.172. The van der Waals surface area contributed by atoms with Crippen molar-refractivity contribution in [3.8, 4) is 0 Å². The van der Waals surface area contributed by atoms with Gasteiger partial charge in [-0.1, -0.05) is 13.5 Å². The van der Waals surface area contributed by atoms with Crippen molar-refractivity contribution in [1.82, 2.24) is 0 Å². The normalized spacial score (nSPS) is 32.1. The lowest BCUT2D eigenvalue weighted by molar-refractivity contribution is -0.195. The van der Waals surface area contributed by atoms with Gasteiger partial charge in [-0.25, -0.2) is 4.79 Å². The molecule has 0 saturated carbocycles. The topological polar surface area (TPSA) is 35.5 Å². The van der Waals surface area contributed by atoms with E-state index in [9.17, 15) is 4.79 Å². The largest absolute Gasteiger partial charge is 0.462 e. The van der Waals surface area contributed by atoms with Gasteiger partial charge in [0, 0.05) is 5.57 Å². The molecule has 3 heteroatoms. The number of ether oxygens (including phenoxy) is 2. The van der Waals surface area contributed by atoms with E-state index < -0.39 is 0 Å². The van der Waals surface area contributed by atoms with Crippen molar-refractivity contribution < 1.29 is 14.3 Å². The molecule has 2 unspecified atom stereocenters. The third kappa shape index (κ3) is 2.10. The maximum absolute atomic E-state index is 11.1. The minimum Gasteiger partial charge on any atom is -0.462 e. The fourth-order valence-corrected chi connectivity index (χ4v) is 1.05. The number of rotatable bonds is 3. The maximum Gasteiger partial charge on any atom is 0.333 e. The molecular formula is C10H16O3. The highest BCUT2D eigenvalue weighted by molar-refractivity contribution is 5.86. The van der Waals surface area contributed by atoms with E-state index in [-0.39, 0.29) is 17.5 Å². The fraction of sp³-hybridized carbons (Fsp3) is 0.700. The van der Waals surface area contributed by atoms with Gasteiger partial charge >= 0.3 is 5.97 Å². The minimum absolute atomic E-state index is 0.00882. The molecular weight excluding hydrogens is 168 g/mol. The third-order valence-corrected chi connectivity index (χ3v) is 2.53. The highest BCUT2D eigenvalue weighted by Gasteiger charge is 2.42. The Kier molecular flexibility index (Phi) is 2.76. The Morgan fingerprint density at radius 1 is 1.77 bits per heavy atom. The lowest BCUT2D eigenvalue weighted by Gasteiger charge is -2.44. The van der Waals surface area contributed by atoms with Gasteiger partial charge in [0.15, 0.2) is 0 Å². The second-order valence-electron chi connectivity index (χ2n) is 3.96. The van der Waals surface area contributed by atoms with Gasteiger partial charge in [-0.3, -0.25) is 0 Å². The monoisotopic (exact) mass is 184 g/mol. The van der Waals surface area contributed by atoms with E-state index in [4.69, 9.17) is 9.47 Å². The number of esters is 1. The molecule has 0 aromatic heterocycles. The summed E-state index contributed by atoms with van der Waals surface area (Å²) in [5.74, 6) is -0.319. The van der Waals surface area contributed by atoms with Gasteiger partial charge in [0.2, 0.25) is 0 Å². The summed E-state index contributed by atoms with van der Waals surface area (Å²) in [5.41, 5.74) is 0.432. The van der Waals surface area contributed by atoms with Crippen molar-refractivity contribution in [3.05, 3.63) is 12.2 Å². The minimum atomic E-state index is -0.319. The predicted octanol–water partition coefficient (Wildman–Crippen LogP) is 1.53. The Morgan fingerprint density at radius 3 is 2.69 bits per heavy atom. The Hall–Kier alpha value is -0.830. The zero-order valence-corrected chi connectivity index (χ0v) is 8.42. The highest BCUT2D eigenvalue weighted by Crippen LogP contribution is 2.34. The number of carbonyl (C=O) groups excluding carboxylic acids is 1. The maximum atomic E-state index is 11.1. The first kappa shape index (κ1) is 10.3. The molecule has 0 N–H and O–H groups in total. The van der Waals surface area contributed by atoms with Crippen LogP contribution in [-0.4, -0.2) is 25.3 Å². The van der Waals surface area contributed by atoms with Crippen molar-refractivity contribution in [2.75, 3.05) is 13.2 Å². The van der Waals surface area contributed by atoms with Crippen LogP contribution in [-0.2, 0) is 14.3 Å². The van der Waals surface area contributed by atoms with Gasteiger partial charge in [-0.2, -0.15) is 0 Å². The van der Waals surface area contributed by atoms with Crippen LogP contribution in [0.1, 0.15) is 20.8 Å². The molecule has 0 aromatic carbocycles. The third-order valence-electron chi connectivity index (χ3n) is 2.53. The van der Waals surface area contributed by atoms with Crippen LogP contribution in [0.5, 0.6) is 0 Å².